The Morgan fingerprint density at radius 3 is 2.36 bits per heavy atom. The van der Waals surface area contributed by atoms with Crippen LogP contribution in [0.1, 0.15) is 54.9 Å². The molecule has 3 aromatic rings. The van der Waals surface area contributed by atoms with E-state index >= 15 is 0 Å². The second-order valence-electron chi connectivity index (χ2n) is 10.7. The number of ether oxygens (including phenoxy) is 2. The highest BCUT2D eigenvalue weighted by molar-refractivity contribution is 9.10. The number of nitrogens with zero attached hydrogens (tertiary/aromatic N) is 1. The Hall–Kier alpha value is -2.76. The normalized spacial score (nSPS) is 23.6. The van der Waals surface area contributed by atoms with Crippen LogP contribution < -0.4 is 15.6 Å². The van der Waals surface area contributed by atoms with Gasteiger partial charge in [-0.1, -0.05) is 68.3 Å². The maximum absolute atomic E-state index is 14.4. The molecule has 1 aliphatic carbocycles. The molecule has 0 unspecified atom stereocenters. The van der Waals surface area contributed by atoms with E-state index in [-0.39, 0.29) is 31.1 Å². The second-order valence-corrected chi connectivity index (χ2v) is 12.4. The summed E-state index contributed by atoms with van der Waals surface area (Å²) in [4.78, 5) is 19.5. The minimum Gasteiger partial charge on any atom is -0.494 e. The van der Waals surface area contributed by atoms with Crippen molar-refractivity contribution in [3.05, 3.63) is 98.4 Å². The van der Waals surface area contributed by atoms with Crippen molar-refractivity contribution in [2.24, 2.45) is 4.99 Å². The summed E-state index contributed by atoms with van der Waals surface area (Å²) in [5.74, 6) is 0.733. The van der Waals surface area contributed by atoms with Crippen LogP contribution in [0.15, 0.2) is 86.7 Å². The molecular formula is C32H35Br2N3O5. The zero-order chi connectivity index (χ0) is 29.5. The van der Waals surface area contributed by atoms with E-state index in [0.29, 0.717) is 37.5 Å². The summed E-state index contributed by atoms with van der Waals surface area (Å²) in [6.07, 6.45) is 2.73. The van der Waals surface area contributed by atoms with E-state index in [0.717, 1.165) is 38.5 Å². The number of aliphatic imine (C=N–C) groups is 1. The molecule has 0 saturated heterocycles. The number of hydrogen-bond acceptors (Lipinski definition) is 7. The van der Waals surface area contributed by atoms with Gasteiger partial charge in [-0.05, 0) is 67.6 Å². The highest BCUT2D eigenvalue weighted by Crippen LogP contribution is 2.45. The molecule has 1 heterocycles. The first-order valence-corrected chi connectivity index (χ1v) is 15.8. The van der Waals surface area contributed by atoms with Gasteiger partial charge in [0, 0.05) is 45.6 Å². The average Bonchev–Trinajstić information content (AvgIpc) is 3.39. The Morgan fingerprint density at radius 1 is 0.976 bits per heavy atom. The zero-order valence-electron chi connectivity index (χ0n) is 23.1. The van der Waals surface area contributed by atoms with E-state index in [2.05, 4.69) is 42.7 Å². The third kappa shape index (κ3) is 7.06. The summed E-state index contributed by atoms with van der Waals surface area (Å²) < 4.78 is 14.0. The van der Waals surface area contributed by atoms with Crippen LogP contribution in [-0.4, -0.2) is 52.9 Å². The van der Waals surface area contributed by atoms with Gasteiger partial charge in [0.2, 0.25) is 5.90 Å². The summed E-state index contributed by atoms with van der Waals surface area (Å²) in [6.45, 7) is 0.484. The van der Waals surface area contributed by atoms with E-state index in [1.807, 2.05) is 72.8 Å². The molecule has 1 fully saturated rings. The van der Waals surface area contributed by atoms with Gasteiger partial charge in [0.1, 0.15) is 5.75 Å². The molecule has 1 amide bonds. The molecule has 2 aliphatic rings. The molecule has 1 aliphatic heterocycles. The first-order chi connectivity index (χ1) is 20.4. The van der Waals surface area contributed by atoms with Gasteiger partial charge in [0.25, 0.3) is 5.91 Å². The molecule has 0 bridgehead atoms. The van der Waals surface area contributed by atoms with Crippen molar-refractivity contribution >= 4 is 43.7 Å². The standard InChI is InChI=1S/C32H35Br2N3O5/c33-27-8-3-1-6-22(27)20-32(31(40)37-36-23-12-14-24(39)15-13-23)29(26-7-2-4-9-28(26)34)42-30(35-32)21-10-16-25(17-11-21)41-19-5-18-38/h1-4,6-11,16-17,23-24,29,36,38-39H,5,12-15,18-20H2,(H,37,40)/t23?,24?,29-,32-/m0/s1. The Morgan fingerprint density at radius 2 is 1.67 bits per heavy atom. The van der Waals surface area contributed by atoms with Crippen molar-refractivity contribution in [2.75, 3.05) is 13.2 Å². The van der Waals surface area contributed by atoms with Crippen LogP contribution in [0.5, 0.6) is 5.75 Å². The van der Waals surface area contributed by atoms with Crippen molar-refractivity contribution < 1.29 is 24.5 Å². The fourth-order valence-corrected chi connectivity index (χ4v) is 6.29. The summed E-state index contributed by atoms with van der Waals surface area (Å²) in [5, 5.41) is 19.0. The lowest BCUT2D eigenvalue weighted by molar-refractivity contribution is -0.130. The molecule has 2 atom stereocenters. The predicted octanol–water partition coefficient (Wildman–Crippen LogP) is 5.40. The summed E-state index contributed by atoms with van der Waals surface area (Å²) in [7, 11) is 0. The van der Waals surface area contributed by atoms with Gasteiger partial charge in [-0.2, -0.15) is 0 Å². The molecule has 0 aromatic heterocycles. The Bertz CT molecular complexity index is 1390. The van der Waals surface area contributed by atoms with Gasteiger partial charge in [0.15, 0.2) is 11.6 Å². The number of aliphatic hydroxyl groups excluding tert-OH is 2. The van der Waals surface area contributed by atoms with Crippen LogP contribution in [0.4, 0.5) is 0 Å². The number of rotatable bonds is 11. The molecule has 3 aromatic carbocycles. The first-order valence-electron chi connectivity index (χ1n) is 14.2. The van der Waals surface area contributed by atoms with Crippen LogP contribution in [-0.2, 0) is 16.0 Å². The largest absolute Gasteiger partial charge is 0.494 e. The SMILES string of the molecule is O=C(NNC1CCC(O)CC1)[C@@]1(Cc2ccccc2Br)N=C(c2ccc(OCCCO)cc2)O[C@H]1c1ccccc1Br. The van der Waals surface area contributed by atoms with Gasteiger partial charge >= 0.3 is 0 Å². The first kappa shape index (κ1) is 30.7. The fourth-order valence-electron chi connectivity index (χ4n) is 5.38. The van der Waals surface area contributed by atoms with E-state index in [1.54, 1.807) is 0 Å². The van der Waals surface area contributed by atoms with E-state index in [9.17, 15) is 9.90 Å². The van der Waals surface area contributed by atoms with Crippen LogP contribution in [0.25, 0.3) is 0 Å². The molecule has 0 radical (unpaired) electrons. The number of hydrazine groups is 1. The van der Waals surface area contributed by atoms with Crippen LogP contribution >= 0.6 is 31.9 Å². The molecule has 222 valence electrons. The van der Waals surface area contributed by atoms with Gasteiger partial charge in [0.05, 0.1) is 12.7 Å². The number of aliphatic hydroxyl groups is 2. The van der Waals surface area contributed by atoms with E-state index in [1.165, 1.54) is 0 Å². The highest BCUT2D eigenvalue weighted by Gasteiger charge is 2.54. The average molecular weight is 701 g/mol. The van der Waals surface area contributed by atoms with Gasteiger partial charge in [-0.3, -0.25) is 10.2 Å². The molecule has 5 rings (SSSR count). The fraction of sp³-hybridized carbons (Fsp3) is 0.375. The van der Waals surface area contributed by atoms with Gasteiger partial charge < -0.3 is 19.7 Å². The number of amides is 1. The lowest BCUT2D eigenvalue weighted by Crippen LogP contribution is -2.56. The highest BCUT2D eigenvalue weighted by atomic mass is 79.9. The van der Waals surface area contributed by atoms with Crippen LogP contribution in [0.3, 0.4) is 0 Å². The number of carbonyl (C=O) groups is 1. The minimum atomic E-state index is -1.35. The maximum atomic E-state index is 14.4. The maximum Gasteiger partial charge on any atom is 0.266 e. The molecular weight excluding hydrogens is 666 g/mol. The predicted molar refractivity (Wildman–Crippen MR) is 168 cm³/mol. The lowest BCUT2D eigenvalue weighted by atomic mass is 9.82. The van der Waals surface area contributed by atoms with Crippen LogP contribution in [0, 0.1) is 0 Å². The summed E-state index contributed by atoms with van der Waals surface area (Å²) in [6, 6.07) is 23.0. The second kappa shape index (κ2) is 14.1. The van der Waals surface area contributed by atoms with E-state index in [4.69, 9.17) is 19.6 Å². The van der Waals surface area contributed by atoms with Gasteiger partial charge in [-0.25, -0.2) is 10.4 Å². The molecule has 0 spiro atoms. The third-order valence-electron chi connectivity index (χ3n) is 7.72. The van der Waals surface area contributed by atoms with Crippen molar-refractivity contribution in [3.63, 3.8) is 0 Å². The number of benzene rings is 3. The molecule has 8 nitrogen and oxygen atoms in total. The number of nitrogens with one attached hydrogen (secondary N) is 2. The number of halogens is 2. The number of carbonyl (C=O) groups excluding carboxylic acids is 1. The van der Waals surface area contributed by atoms with Gasteiger partial charge in [-0.15, -0.1) is 0 Å². The molecule has 10 heteroatoms. The number of hydrogen-bond donors (Lipinski definition) is 4. The summed E-state index contributed by atoms with van der Waals surface area (Å²) >= 11 is 7.35. The lowest BCUT2D eigenvalue weighted by Gasteiger charge is -2.33. The van der Waals surface area contributed by atoms with E-state index < -0.39 is 11.6 Å². The Kier molecular flexibility index (Phi) is 10.3. The van der Waals surface area contributed by atoms with Crippen molar-refractivity contribution in [3.8, 4) is 5.75 Å². The Labute approximate surface area is 262 Å². The quantitative estimate of drug-likeness (QED) is 0.158. The molecule has 42 heavy (non-hydrogen) atoms. The van der Waals surface area contributed by atoms with Crippen LogP contribution in [0.2, 0.25) is 0 Å². The zero-order valence-corrected chi connectivity index (χ0v) is 26.3. The third-order valence-corrected chi connectivity index (χ3v) is 9.22. The summed E-state index contributed by atoms with van der Waals surface area (Å²) in [5.41, 5.74) is 7.32. The topological polar surface area (TPSA) is 112 Å². The smallest absolute Gasteiger partial charge is 0.266 e. The van der Waals surface area contributed by atoms with Crippen molar-refractivity contribution in [1.29, 1.82) is 0 Å². The minimum absolute atomic E-state index is 0.0592. The monoisotopic (exact) mass is 699 g/mol. The Balaban J connectivity index is 1.53. The van der Waals surface area contributed by atoms with Crippen molar-refractivity contribution in [2.45, 2.75) is 62.3 Å². The van der Waals surface area contributed by atoms with Crippen molar-refractivity contribution in [1.82, 2.24) is 10.9 Å². The molecule has 1 saturated carbocycles. The molecule has 4 N–H and O–H groups in total.